The highest BCUT2D eigenvalue weighted by atomic mass is 32.2. The van der Waals surface area contributed by atoms with Crippen LogP contribution in [0.3, 0.4) is 0 Å². The van der Waals surface area contributed by atoms with Crippen molar-refractivity contribution in [2.75, 3.05) is 18.2 Å². The number of hydrogen-bond acceptors (Lipinski definition) is 5. The number of para-hydroxylation sites is 1. The van der Waals surface area contributed by atoms with E-state index in [0.717, 1.165) is 29.5 Å². The molecule has 0 radical (unpaired) electrons. The molecule has 3 aromatic rings. The first-order valence-electron chi connectivity index (χ1n) is 9.11. The SMILES string of the molecule is C=CCn1c(SCC(=O)Nc2ccc(C(F)(F)F)cc2)nnc1-c1ccccc1OC. The van der Waals surface area contributed by atoms with Gasteiger partial charge in [0.2, 0.25) is 5.91 Å². The maximum atomic E-state index is 12.6. The molecule has 1 aromatic heterocycles. The summed E-state index contributed by atoms with van der Waals surface area (Å²) in [5.41, 5.74) is 0.252. The summed E-state index contributed by atoms with van der Waals surface area (Å²) in [5.74, 6) is 0.832. The number of carbonyl (C=O) groups excluding carboxylic acids is 1. The third-order valence-corrected chi connectivity index (χ3v) is 5.17. The van der Waals surface area contributed by atoms with E-state index >= 15 is 0 Å². The number of halogens is 3. The maximum absolute atomic E-state index is 12.6. The molecule has 0 aliphatic heterocycles. The van der Waals surface area contributed by atoms with Gasteiger partial charge in [-0.15, -0.1) is 16.8 Å². The first kappa shape index (κ1) is 22.4. The van der Waals surface area contributed by atoms with E-state index in [0.29, 0.717) is 23.3 Å². The van der Waals surface area contributed by atoms with Crippen molar-refractivity contribution in [3.8, 4) is 17.1 Å². The fraction of sp³-hybridized carbons (Fsp3) is 0.190. The van der Waals surface area contributed by atoms with E-state index in [1.54, 1.807) is 17.8 Å². The molecule has 0 aliphatic carbocycles. The second kappa shape index (κ2) is 9.69. The van der Waals surface area contributed by atoms with E-state index in [1.807, 2.05) is 24.3 Å². The lowest BCUT2D eigenvalue weighted by Crippen LogP contribution is -2.15. The minimum Gasteiger partial charge on any atom is -0.496 e. The molecule has 6 nitrogen and oxygen atoms in total. The molecule has 0 saturated heterocycles. The van der Waals surface area contributed by atoms with Crippen LogP contribution in [0.5, 0.6) is 5.75 Å². The van der Waals surface area contributed by atoms with Crippen molar-refractivity contribution < 1.29 is 22.7 Å². The van der Waals surface area contributed by atoms with Gasteiger partial charge in [0.25, 0.3) is 0 Å². The molecule has 31 heavy (non-hydrogen) atoms. The third-order valence-electron chi connectivity index (χ3n) is 4.20. The maximum Gasteiger partial charge on any atom is 0.416 e. The quantitative estimate of drug-likeness (QED) is 0.393. The van der Waals surface area contributed by atoms with Gasteiger partial charge in [-0.25, -0.2) is 0 Å². The van der Waals surface area contributed by atoms with Crippen LogP contribution in [-0.4, -0.2) is 33.5 Å². The monoisotopic (exact) mass is 448 g/mol. The van der Waals surface area contributed by atoms with Crippen LogP contribution in [0.1, 0.15) is 5.56 Å². The number of aromatic nitrogens is 3. The fourth-order valence-corrected chi connectivity index (χ4v) is 3.54. The van der Waals surface area contributed by atoms with E-state index in [9.17, 15) is 18.0 Å². The number of allylic oxidation sites excluding steroid dienone is 1. The average molecular weight is 448 g/mol. The molecule has 0 bridgehead atoms. The number of thioether (sulfide) groups is 1. The molecule has 1 amide bonds. The second-order valence-electron chi connectivity index (χ2n) is 6.32. The number of ether oxygens (including phenoxy) is 1. The molecule has 0 fully saturated rings. The van der Waals surface area contributed by atoms with Crippen LogP contribution >= 0.6 is 11.8 Å². The normalized spacial score (nSPS) is 11.2. The zero-order chi connectivity index (χ0) is 22.4. The van der Waals surface area contributed by atoms with Gasteiger partial charge in [0.05, 0.1) is 24.0 Å². The number of benzene rings is 2. The van der Waals surface area contributed by atoms with Crippen LogP contribution in [0.15, 0.2) is 66.3 Å². The summed E-state index contributed by atoms with van der Waals surface area (Å²) in [6.45, 7) is 4.17. The molecule has 0 spiro atoms. The van der Waals surface area contributed by atoms with Crippen LogP contribution < -0.4 is 10.1 Å². The van der Waals surface area contributed by atoms with Gasteiger partial charge >= 0.3 is 6.18 Å². The van der Waals surface area contributed by atoms with Gasteiger partial charge in [-0.3, -0.25) is 9.36 Å². The summed E-state index contributed by atoms with van der Waals surface area (Å²) < 4.78 is 45.1. The second-order valence-corrected chi connectivity index (χ2v) is 7.26. The van der Waals surface area contributed by atoms with E-state index in [-0.39, 0.29) is 17.3 Å². The standard InChI is InChI=1S/C21H19F3N4O2S/c1-3-12-28-19(16-6-4-5-7-17(16)30-2)26-27-20(28)31-13-18(29)25-15-10-8-14(9-11-15)21(22,23)24/h3-11H,1,12-13H2,2H3,(H,25,29). The Morgan fingerprint density at radius 1 is 1.19 bits per heavy atom. The highest BCUT2D eigenvalue weighted by molar-refractivity contribution is 7.99. The molecule has 3 rings (SSSR count). The van der Waals surface area contributed by atoms with Crippen molar-refractivity contribution in [2.45, 2.75) is 17.9 Å². The lowest BCUT2D eigenvalue weighted by atomic mass is 10.2. The van der Waals surface area contributed by atoms with Crippen molar-refractivity contribution in [1.82, 2.24) is 14.8 Å². The lowest BCUT2D eigenvalue weighted by molar-refractivity contribution is -0.137. The third kappa shape index (κ3) is 5.46. The summed E-state index contributed by atoms with van der Waals surface area (Å²) in [6, 6.07) is 11.6. The number of anilines is 1. The number of nitrogens with one attached hydrogen (secondary N) is 1. The highest BCUT2D eigenvalue weighted by Gasteiger charge is 2.30. The van der Waals surface area contributed by atoms with Crippen LogP contribution in [0.4, 0.5) is 18.9 Å². The zero-order valence-electron chi connectivity index (χ0n) is 16.5. The van der Waals surface area contributed by atoms with Gasteiger partial charge in [-0.1, -0.05) is 30.0 Å². The van der Waals surface area contributed by atoms with Crippen molar-refractivity contribution in [1.29, 1.82) is 0 Å². The minimum atomic E-state index is -4.42. The van der Waals surface area contributed by atoms with Crippen molar-refractivity contribution in [2.24, 2.45) is 0 Å². The van der Waals surface area contributed by atoms with Gasteiger partial charge < -0.3 is 10.1 Å². The summed E-state index contributed by atoms with van der Waals surface area (Å²) in [7, 11) is 1.56. The molecule has 1 N–H and O–H groups in total. The topological polar surface area (TPSA) is 69.0 Å². The molecule has 1 heterocycles. The van der Waals surface area contributed by atoms with Crippen molar-refractivity contribution in [3.05, 3.63) is 66.7 Å². The van der Waals surface area contributed by atoms with Gasteiger partial charge in [-0.05, 0) is 36.4 Å². The summed E-state index contributed by atoms with van der Waals surface area (Å²) in [4.78, 5) is 12.3. The van der Waals surface area contributed by atoms with E-state index < -0.39 is 11.7 Å². The lowest BCUT2D eigenvalue weighted by Gasteiger charge is -2.11. The molecule has 2 aromatic carbocycles. The summed E-state index contributed by atoms with van der Waals surface area (Å²) in [6.07, 6.45) is -2.73. The molecule has 0 atom stereocenters. The molecular weight excluding hydrogens is 429 g/mol. The first-order valence-corrected chi connectivity index (χ1v) is 10.1. The largest absolute Gasteiger partial charge is 0.496 e. The van der Waals surface area contributed by atoms with Crippen LogP contribution in [0.2, 0.25) is 0 Å². The Kier molecular flexibility index (Phi) is 7.01. The predicted octanol–water partition coefficient (Wildman–Crippen LogP) is 4.89. The van der Waals surface area contributed by atoms with Gasteiger partial charge in [0.1, 0.15) is 5.75 Å². The Balaban J connectivity index is 1.71. The van der Waals surface area contributed by atoms with E-state index in [1.165, 1.54) is 12.1 Å². The number of rotatable bonds is 8. The van der Waals surface area contributed by atoms with Crippen LogP contribution in [0, 0.1) is 0 Å². The number of methoxy groups -OCH3 is 1. The summed E-state index contributed by atoms with van der Waals surface area (Å²) >= 11 is 1.16. The number of carbonyl (C=O) groups is 1. The van der Waals surface area contributed by atoms with Gasteiger partial charge in [0.15, 0.2) is 11.0 Å². The van der Waals surface area contributed by atoms with Crippen LogP contribution in [0.25, 0.3) is 11.4 Å². The predicted molar refractivity (Wildman–Crippen MR) is 113 cm³/mol. The average Bonchev–Trinajstić information content (AvgIpc) is 3.14. The molecule has 10 heteroatoms. The molecule has 162 valence electrons. The molecule has 0 saturated carbocycles. The van der Waals surface area contributed by atoms with E-state index in [2.05, 4.69) is 22.1 Å². The van der Waals surface area contributed by atoms with E-state index in [4.69, 9.17) is 4.74 Å². The van der Waals surface area contributed by atoms with Crippen LogP contribution in [-0.2, 0) is 17.5 Å². The van der Waals surface area contributed by atoms with Gasteiger partial charge in [-0.2, -0.15) is 13.2 Å². The smallest absolute Gasteiger partial charge is 0.416 e. The Labute approximate surface area is 181 Å². The number of nitrogens with zero attached hydrogens (tertiary/aromatic N) is 3. The Morgan fingerprint density at radius 2 is 1.90 bits per heavy atom. The van der Waals surface area contributed by atoms with Gasteiger partial charge in [0, 0.05) is 12.2 Å². The number of hydrogen-bond donors (Lipinski definition) is 1. The number of alkyl halides is 3. The summed E-state index contributed by atoms with van der Waals surface area (Å²) in [5, 5.41) is 11.5. The minimum absolute atomic E-state index is 0.00221. The highest BCUT2D eigenvalue weighted by Crippen LogP contribution is 2.31. The van der Waals surface area contributed by atoms with Crippen molar-refractivity contribution >= 4 is 23.4 Å². The number of amides is 1. The molecule has 0 unspecified atom stereocenters. The Morgan fingerprint density at radius 3 is 2.55 bits per heavy atom. The fourth-order valence-electron chi connectivity index (χ4n) is 2.79. The molecule has 0 aliphatic rings. The zero-order valence-corrected chi connectivity index (χ0v) is 17.3. The Bertz CT molecular complexity index is 1070. The first-order chi connectivity index (χ1) is 14.8. The van der Waals surface area contributed by atoms with Crippen molar-refractivity contribution in [3.63, 3.8) is 0 Å². The molecular formula is C21H19F3N4O2S. The Hall–Kier alpha value is -3.27.